The number of urea groups is 1. The Hall–Kier alpha value is -3.48. The van der Waals surface area contributed by atoms with Crippen molar-refractivity contribution in [3.8, 4) is 0 Å². The molecule has 128 valence electrons. The number of amides is 3. The third-order valence-electron chi connectivity index (χ3n) is 3.51. The fourth-order valence-corrected chi connectivity index (χ4v) is 2.29. The second-order valence-electron chi connectivity index (χ2n) is 5.54. The third kappa shape index (κ3) is 4.51. The van der Waals surface area contributed by atoms with Crippen LogP contribution in [-0.2, 0) is 13.6 Å². The minimum absolute atomic E-state index is 0.278. The number of carbonyl (C=O) groups is 2. The van der Waals surface area contributed by atoms with Gasteiger partial charge in [0.2, 0.25) is 0 Å². The lowest BCUT2D eigenvalue weighted by atomic mass is 10.2. The summed E-state index contributed by atoms with van der Waals surface area (Å²) in [5.74, 6) is -0.278. The summed E-state index contributed by atoms with van der Waals surface area (Å²) >= 11 is 0. The predicted molar refractivity (Wildman–Crippen MR) is 94.4 cm³/mol. The van der Waals surface area contributed by atoms with Gasteiger partial charge in [-0.25, -0.2) is 4.79 Å². The fraction of sp³-hybridized carbons (Fsp3) is 0.111. The van der Waals surface area contributed by atoms with Gasteiger partial charge in [-0.3, -0.25) is 4.79 Å². The van der Waals surface area contributed by atoms with Crippen molar-refractivity contribution in [2.45, 2.75) is 6.54 Å². The molecule has 1 aromatic carbocycles. The highest BCUT2D eigenvalue weighted by molar-refractivity contribution is 6.04. The molecule has 0 aliphatic carbocycles. The largest absolute Gasteiger partial charge is 0.472 e. The first-order valence-corrected chi connectivity index (χ1v) is 7.69. The topological polar surface area (TPSA) is 88.3 Å². The smallest absolute Gasteiger partial charge is 0.319 e. The quantitative estimate of drug-likeness (QED) is 0.667. The van der Waals surface area contributed by atoms with Gasteiger partial charge in [0.05, 0.1) is 11.8 Å². The molecule has 0 radical (unpaired) electrons. The molecular weight excluding hydrogens is 320 g/mol. The lowest BCUT2D eigenvalue weighted by Crippen LogP contribution is -2.28. The van der Waals surface area contributed by atoms with Crippen molar-refractivity contribution in [2.24, 2.45) is 7.05 Å². The van der Waals surface area contributed by atoms with Crippen LogP contribution in [0.5, 0.6) is 0 Å². The van der Waals surface area contributed by atoms with Crippen molar-refractivity contribution < 1.29 is 14.0 Å². The van der Waals surface area contributed by atoms with Gasteiger partial charge in [-0.1, -0.05) is 6.07 Å². The van der Waals surface area contributed by atoms with E-state index in [0.29, 0.717) is 23.5 Å². The first kappa shape index (κ1) is 16.4. The Morgan fingerprint density at radius 3 is 2.60 bits per heavy atom. The predicted octanol–water partition coefficient (Wildman–Crippen LogP) is 3.19. The summed E-state index contributed by atoms with van der Waals surface area (Å²) in [7, 11) is 1.92. The van der Waals surface area contributed by atoms with Gasteiger partial charge in [0, 0.05) is 37.4 Å². The zero-order valence-corrected chi connectivity index (χ0v) is 13.7. The third-order valence-corrected chi connectivity index (χ3v) is 3.51. The van der Waals surface area contributed by atoms with Gasteiger partial charge in [-0.15, -0.1) is 0 Å². The lowest BCUT2D eigenvalue weighted by Gasteiger charge is -2.09. The lowest BCUT2D eigenvalue weighted by molar-refractivity contribution is 0.102. The summed E-state index contributed by atoms with van der Waals surface area (Å²) in [5, 5.41) is 8.27. The average Bonchev–Trinajstić information content (AvgIpc) is 3.25. The highest BCUT2D eigenvalue weighted by Gasteiger charge is 2.08. The molecule has 25 heavy (non-hydrogen) atoms. The van der Waals surface area contributed by atoms with E-state index < -0.39 is 0 Å². The van der Waals surface area contributed by atoms with Crippen molar-refractivity contribution in [1.29, 1.82) is 0 Å². The summed E-state index contributed by atoms with van der Waals surface area (Å²) in [6, 6.07) is 10.1. The first-order chi connectivity index (χ1) is 12.1. The number of benzene rings is 1. The maximum atomic E-state index is 12.0. The molecule has 0 bridgehead atoms. The number of anilines is 2. The highest BCUT2D eigenvalue weighted by atomic mass is 16.3. The molecular formula is C18H18N4O3. The summed E-state index contributed by atoms with van der Waals surface area (Å²) in [4.78, 5) is 24.0. The zero-order chi connectivity index (χ0) is 17.6. The molecule has 0 atom stereocenters. The van der Waals surface area contributed by atoms with Gasteiger partial charge >= 0.3 is 6.03 Å². The minimum atomic E-state index is -0.317. The van der Waals surface area contributed by atoms with Crippen molar-refractivity contribution in [2.75, 3.05) is 10.6 Å². The van der Waals surface area contributed by atoms with Gasteiger partial charge in [0.1, 0.15) is 6.26 Å². The average molecular weight is 338 g/mol. The van der Waals surface area contributed by atoms with Crippen molar-refractivity contribution in [3.63, 3.8) is 0 Å². The maximum absolute atomic E-state index is 12.0. The molecule has 7 nitrogen and oxygen atoms in total. The summed E-state index contributed by atoms with van der Waals surface area (Å²) in [6.45, 7) is 0.434. The minimum Gasteiger partial charge on any atom is -0.472 e. The summed E-state index contributed by atoms with van der Waals surface area (Å²) in [5.41, 5.74) is 2.60. The number of rotatable bonds is 5. The normalized spacial score (nSPS) is 10.3. The van der Waals surface area contributed by atoms with Gasteiger partial charge in [0.25, 0.3) is 5.91 Å². The molecule has 2 aromatic heterocycles. The molecule has 0 saturated carbocycles. The standard InChI is InChI=1S/C18H18N4O3/c1-22-7-5-13(11-22)10-19-18(24)21-16-4-2-3-15(9-16)20-17(23)14-6-8-25-12-14/h2-9,11-12H,10H2,1H3,(H,20,23)(H2,19,21,24). The second kappa shape index (κ2) is 7.39. The molecule has 0 unspecified atom stereocenters. The molecule has 3 amide bonds. The Bertz CT molecular complexity index is 868. The van der Waals surface area contributed by atoms with E-state index in [4.69, 9.17) is 4.42 Å². The second-order valence-corrected chi connectivity index (χ2v) is 5.54. The number of carbonyl (C=O) groups excluding carboxylic acids is 2. The number of hydrogen-bond acceptors (Lipinski definition) is 3. The highest BCUT2D eigenvalue weighted by Crippen LogP contribution is 2.16. The van der Waals surface area contributed by atoms with E-state index in [1.807, 2.05) is 30.1 Å². The van der Waals surface area contributed by atoms with Crippen LogP contribution in [-0.4, -0.2) is 16.5 Å². The van der Waals surface area contributed by atoms with Crippen LogP contribution in [0.4, 0.5) is 16.2 Å². The van der Waals surface area contributed by atoms with Crippen LogP contribution in [0.2, 0.25) is 0 Å². The number of hydrogen-bond donors (Lipinski definition) is 3. The molecule has 3 N–H and O–H groups in total. The molecule has 0 aliphatic heterocycles. The Balaban J connectivity index is 1.55. The van der Waals surface area contributed by atoms with Crippen LogP contribution >= 0.6 is 0 Å². The Morgan fingerprint density at radius 2 is 1.92 bits per heavy atom. The zero-order valence-electron chi connectivity index (χ0n) is 13.7. The molecule has 3 rings (SSSR count). The van der Waals surface area contributed by atoms with Crippen LogP contribution in [0.15, 0.2) is 65.7 Å². The van der Waals surface area contributed by atoms with Crippen LogP contribution in [0.1, 0.15) is 15.9 Å². The van der Waals surface area contributed by atoms with Gasteiger partial charge < -0.3 is 24.9 Å². The van der Waals surface area contributed by atoms with Gasteiger partial charge in [-0.05, 0) is 35.9 Å². The van der Waals surface area contributed by atoms with E-state index >= 15 is 0 Å². The molecule has 0 spiro atoms. The number of nitrogens with zero attached hydrogens (tertiary/aromatic N) is 1. The van der Waals surface area contributed by atoms with E-state index in [1.54, 1.807) is 30.3 Å². The van der Waals surface area contributed by atoms with E-state index in [9.17, 15) is 9.59 Å². The molecule has 3 aromatic rings. The number of nitrogens with one attached hydrogen (secondary N) is 3. The monoisotopic (exact) mass is 338 g/mol. The van der Waals surface area contributed by atoms with Crippen molar-refractivity contribution >= 4 is 23.3 Å². The van der Waals surface area contributed by atoms with Crippen molar-refractivity contribution in [1.82, 2.24) is 9.88 Å². The van der Waals surface area contributed by atoms with Crippen LogP contribution in [0.25, 0.3) is 0 Å². The number of aryl methyl sites for hydroxylation is 1. The molecule has 7 heteroatoms. The van der Waals surface area contributed by atoms with Crippen LogP contribution < -0.4 is 16.0 Å². The van der Waals surface area contributed by atoms with Crippen LogP contribution in [0, 0.1) is 0 Å². The van der Waals surface area contributed by atoms with Gasteiger partial charge in [-0.2, -0.15) is 0 Å². The molecule has 0 aliphatic rings. The summed E-state index contributed by atoms with van der Waals surface area (Å²) < 4.78 is 6.80. The molecule has 2 heterocycles. The first-order valence-electron chi connectivity index (χ1n) is 7.69. The Morgan fingerprint density at radius 1 is 1.12 bits per heavy atom. The Kier molecular flexibility index (Phi) is 4.84. The van der Waals surface area contributed by atoms with E-state index in [1.165, 1.54) is 12.5 Å². The van der Waals surface area contributed by atoms with E-state index in [0.717, 1.165) is 5.56 Å². The molecule has 0 saturated heterocycles. The SMILES string of the molecule is Cn1ccc(CNC(=O)Nc2cccc(NC(=O)c3ccoc3)c2)c1. The number of aromatic nitrogens is 1. The summed E-state index contributed by atoms with van der Waals surface area (Å²) in [6.07, 6.45) is 6.66. The van der Waals surface area contributed by atoms with Gasteiger partial charge in [0.15, 0.2) is 0 Å². The van der Waals surface area contributed by atoms with Crippen LogP contribution in [0.3, 0.4) is 0 Å². The Labute approximate surface area is 144 Å². The maximum Gasteiger partial charge on any atom is 0.319 e. The van der Waals surface area contributed by atoms with E-state index in [2.05, 4.69) is 16.0 Å². The fourth-order valence-electron chi connectivity index (χ4n) is 2.29. The van der Waals surface area contributed by atoms with E-state index in [-0.39, 0.29) is 11.9 Å². The van der Waals surface area contributed by atoms with Crippen molar-refractivity contribution in [3.05, 3.63) is 72.4 Å². The number of furan rings is 1. The molecule has 0 fully saturated rings.